The van der Waals surface area contributed by atoms with E-state index in [0.717, 1.165) is 52.2 Å². The summed E-state index contributed by atoms with van der Waals surface area (Å²) in [6.45, 7) is 19.0. The van der Waals surface area contributed by atoms with Crippen molar-refractivity contribution in [2.45, 2.75) is 80.1 Å². The van der Waals surface area contributed by atoms with E-state index in [2.05, 4.69) is 50.7 Å². The van der Waals surface area contributed by atoms with Crippen LogP contribution in [-0.2, 0) is 8.85 Å². The van der Waals surface area contributed by atoms with Gasteiger partial charge in [-0.2, -0.15) is 0 Å². The Kier molecular flexibility index (Phi) is 14.4. The van der Waals surface area contributed by atoms with Gasteiger partial charge in [-0.3, -0.25) is 9.13 Å². The van der Waals surface area contributed by atoms with Crippen molar-refractivity contribution in [3.8, 4) is 0 Å². The van der Waals surface area contributed by atoms with Gasteiger partial charge in [-0.25, -0.2) is 0 Å². The fourth-order valence-corrected chi connectivity index (χ4v) is 6.87. The molecule has 0 amide bonds. The Balaban J connectivity index is 5.55. The third kappa shape index (κ3) is 7.65. The molecule has 0 atom stereocenters. The summed E-state index contributed by atoms with van der Waals surface area (Å²) in [6.07, 6.45) is 7.14. The molecule has 0 rings (SSSR count). The summed E-state index contributed by atoms with van der Waals surface area (Å²) < 4.78 is 18.1. The van der Waals surface area contributed by atoms with Crippen molar-refractivity contribution in [3.63, 3.8) is 0 Å². The molecule has 0 aromatic heterocycles. The minimum absolute atomic E-state index is 0.727. The van der Waals surface area contributed by atoms with Crippen LogP contribution in [0.1, 0.15) is 80.1 Å². The van der Waals surface area contributed by atoms with Gasteiger partial charge >= 0.3 is 8.88 Å². The maximum absolute atomic E-state index is 6.46. The highest BCUT2D eigenvalue weighted by molar-refractivity contribution is 6.61. The van der Waals surface area contributed by atoms with Crippen LogP contribution in [0.25, 0.3) is 0 Å². The van der Waals surface area contributed by atoms with Crippen LogP contribution < -0.4 is 0 Å². The molecule has 0 spiro atoms. The third-order valence-electron chi connectivity index (χ3n) is 4.01. The molecule has 0 bridgehead atoms. The molecule has 0 saturated carbocycles. The molecular formula is C18H42N2O2Si. The second-order valence-electron chi connectivity index (χ2n) is 6.10. The lowest BCUT2D eigenvalue weighted by Crippen LogP contribution is -2.70. The molecule has 0 fully saturated rings. The predicted octanol–water partition coefficient (Wildman–Crippen LogP) is 4.52. The second-order valence-corrected chi connectivity index (χ2v) is 9.03. The number of hydrogen-bond donors (Lipinski definition) is 0. The first kappa shape index (κ1) is 23.1. The Labute approximate surface area is 146 Å². The fraction of sp³-hybridized carbons (Fsp3) is 1.00. The monoisotopic (exact) mass is 346 g/mol. The zero-order chi connectivity index (χ0) is 17.6. The van der Waals surface area contributed by atoms with Crippen molar-refractivity contribution in [1.82, 2.24) is 9.13 Å². The summed E-state index contributed by atoms with van der Waals surface area (Å²) in [5.74, 6) is 0. The maximum atomic E-state index is 6.46. The molecule has 0 N–H and O–H groups in total. The van der Waals surface area contributed by atoms with Gasteiger partial charge in [-0.1, -0.05) is 40.5 Å². The smallest absolute Gasteiger partial charge is 0.371 e. The lowest BCUT2D eigenvalue weighted by atomic mass is 10.3. The summed E-state index contributed by atoms with van der Waals surface area (Å²) >= 11 is 0. The quantitative estimate of drug-likeness (QED) is 0.384. The minimum Gasteiger partial charge on any atom is -0.371 e. The molecule has 5 heteroatoms. The number of rotatable bonds is 16. The number of unbranched alkanes of at least 4 members (excludes halogenated alkanes) is 2. The highest BCUT2D eigenvalue weighted by Crippen LogP contribution is 2.22. The van der Waals surface area contributed by atoms with Gasteiger partial charge < -0.3 is 8.85 Å². The molecule has 0 radical (unpaired) electrons. The van der Waals surface area contributed by atoms with Crippen molar-refractivity contribution in [1.29, 1.82) is 0 Å². The van der Waals surface area contributed by atoms with Gasteiger partial charge in [0, 0.05) is 13.2 Å². The standard InChI is InChI=1S/C18H42N2O2Si/c1-7-13-17-19(15-9-3)23(21-11-5,22-12-6)20(16-10-4)18-14-8-2/h7-18H2,1-6H3. The largest absolute Gasteiger partial charge is 0.522 e. The summed E-state index contributed by atoms with van der Waals surface area (Å²) in [5, 5.41) is 0. The minimum atomic E-state index is -2.50. The highest BCUT2D eigenvalue weighted by Gasteiger charge is 2.50. The Morgan fingerprint density at radius 1 is 0.565 bits per heavy atom. The van der Waals surface area contributed by atoms with Gasteiger partial charge in [0.15, 0.2) is 0 Å². The van der Waals surface area contributed by atoms with Crippen LogP contribution in [0.5, 0.6) is 0 Å². The SMILES string of the molecule is CCCCN(CCC)[Si](OCC)(OCC)N(CCC)CCCC. The van der Waals surface area contributed by atoms with E-state index < -0.39 is 8.88 Å². The normalized spacial score (nSPS) is 12.5. The van der Waals surface area contributed by atoms with E-state index >= 15 is 0 Å². The molecule has 140 valence electrons. The molecule has 0 unspecified atom stereocenters. The molecule has 0 aliphatic carbocycles. The lowest BCUT2D eigenvalue weighted by Gasteiger charge is -2.45. The average Bonchev–Trinajstić information content (AvgIpc) is 2.55. The van der Waals surface area contributed by atoms with Crippen LogP contribution >= 0.6 is 0 Å². The summed E-state index contributed by atoms with van der Waals surface area (Å²) in [6, 6.07) is 0. The average molecular weight is 347 g/mol. The molecule has 0 aliphatic heterocycles. The molecular weight excluding hydrogens is 304 g/mol. The maximum Gasteiger partial charge on any atom is 0.522 e. The third-order valence-corrected chi connectivity index (χ3v) is 7.84. The molecule has 0 aromatic carbocycles. The van der Waals surface area contributed by atoms with Gasteiger partial charge in [0.1, 0.15) is 0 Å². The van der Waals surface area contributed by atoms with E-state index in [1.54, 1.807) is 0 Å². The van der Waals surface area contributed by atoms with Gasteiger partial charge in [-0.05, 0) is 65.7 Å². The van der Waals surface area contributed by atoms with E-state index in [9.17, 15) is 0 Å². The number of nitrogens with zero attached hydrogens (tertiary/aromatic N) is 2. The topological polar surface area (TPSA) is 24.9 Å². The Morgan fingerprint density at radius 3 is 1.22 bits per heavy atom. The molecule has 4 nitrogen and oxygen atoms in total. The van der Waals surface area contributed by atoms with Crippen LogP contribution in [0.15, 0.2) is 0 Å². The van der Waals surface area contributed by atoms with Crippen LogP contribution in [-0.4, -0.2) is 57.4 Å². The number of hydrogen-bond acceptors (Lipinski definition) is 4. The van der Waals surface area contributed by atoms with Crippen molar-refractivity contribution < 1.29 is 8.85 Å². The Hall–Kier alpha value is 0.0569. The van der Waals surface area contributed by atoms with Crippen LogP contribution in [0, 0.1) is 0 Å². The van der Waals surface area contributed by atoms with E-state index in [-0.39, 0.29) is 0 Å². The first-order valence-electron chi connectivity index (χ1n) is 9.94. The fourth-order valence-electron chi connectivity index (χ4n) is 3.01. The van der Waals surface area contributed by atoms with Crippen molar-refractivity contribution in [2.24, 2.45) is 0 Å². The van der Waals surface area contributed by atoms with Crippen LogP contribution in [0.3, 0.4) is 0 Å². The van der Waals surface area contributed by atoms with Crippen molar-refractivity contribution in [2.75, 3.05) is 39.4 Å². The zero-order valence-corrected chi connectivity index (χ0v) is 17.7. The molecule has 23 heavy (non-hydrogen) atoms. The zero-order valence-electron chi connectivity index (χ0n) is 16.7. The summed E-state index contributed by atoms with van der Waals surface area (Å²) in [4.78, 5) is 0. The van der Waals surface area contributed by atoms with Gasteiger partial charge in [0.05, 0.1) is 0 Å². The summed E-state index contributed by atoms with van der Waals surface area (Å²) in [7, 11) is -2.50. The first-order valence-corrected chi connectivity index (χ1v) is 11.7. The van der Waals surface area contributed by atoms with E-state index in [4.69, 9.17) is 8.85 Å². The second kappa shape index (κ2) is 14.4. The molecule has 0 heterocycles. The Morgan fingerprint density at radius 2 is 0.957 bits per heavy atom. The van der Waals surface area contributed by atoms with Gasteiger partial charge in [0.25, 0.3) is 0 Å². The summed E-state index contributed by atoms with van der Waals surface area (Å²) in [5.41, 5.74) is 0. The van der Waals surface area contributed by atoms with Gasteiger partial charge in [-0.15, -0.1) is 0 Å². The molecule has 0 aromatic rings. The van der Waals surface area contributed by atoms with Gasteiger partial charge in [0.2, 0.25) is 0 Å². The van der Waals surface area contributed by atoms with Crippen molar-refractivity contribution in [3.05, 3.63) is 0 Å². The Bertz CT molecular complexity index is 241. The molecule has 0 aliphatic rings. The van der Waals surface area contributed by atoms with Crippen LogP contribution in [0.2, 0.25) is 0 Å². The van der Waals surface area contributed by atoms with Crippen LogP contribution in [0.4, 0.5) is 0 Å². The van der Waals surface area contributed by atoms with E-state index in [1.807, 2.05) is 0 Å². The van der Waals surface area contributed by atoms with Crippen molar-refractivity contribution >= 4 is 8.88 Å². The predicted molar refractivity (Wildman–Crippen MR) is 103 cm³/mol. The highest BCUT2D eigenvalue weighted by atomic mass is 28.4. The first-order chi connectivity index (χ1) is 11.2. The lowest BCUT2D eigenvalue weighted by molar-refractivity contribution is 0.0596. The van der Waals surface area contributed by atoms with E-state index in [0.29, 0.717) is 0 Å². The molecule has 0 saturated heterocycles. The van der Waals surface area contributed by atoms with E-state index in [1.165, 1.54) is 25.7 Å².